The molecule has 0 aliphatic carbocycles. The summed E-state index contributed by atoms with van der Waals surface area (Å²) >= 11 is 1.47. The first kappa shape index (κ1) is 18.3. The van der Waals surface area contributed by atoms with Gasteiger partial charge in [0.2, 0.25) is 0 Å². The van der Waals surface area contributed by atoms with Crippen LogP contribution in [0.15, 0.2) is 95.9 Å². The lowest BCUT2D eigenvalue weighted by atomic mass is 10.1. The molecule has 5 rings (SSSR count). The van der Waals surface area contributed by atoms with Crippen LogP contribution in [0.1, 0.15) is 0 Å². The number of benzene rings is 2. The molecule has 0 N–H and O–H groups in total. The zero-order valence-electron chi connectivity index (χ0n) is 16.0. The van der Waals surface area contributed by atoms with Gasteiger partial charge in [-0.2, -0.15) is 14.6 Å². The first-order valence-electron chi connectivity index (χ1n) is 9.37. The van der Waals surface area contributed by atoms with Crippen LogP contribution in [0.25, 0.3) is 28.4 Å². The highest BCUT2D eigenvalue weighted by molar-refractivity contribution is 7.99. The molecule has 30 heavy (non-hydrogen) atoms. The molecule has 3 heterocycles. The Morgan fingerprint density at radius 2 is 1.67 bits per heavy atom. The molecule has 8 heteroatoms. The summed E-state index contributed by atoms with van der Waals surface area (Å²) in [5.74, 6) is 1.34. The quantitative estimate of drug-likeness (QED) is 0.305. The summed E-state index contributed by atoms with van der Waals surface area (Å²) in [6.07, 6.45) is 3.35. The van der Waals surface area contributed by atoms with Gasteiger partial charge in [0.05, 0.1) is 5.69 Å². The number of hydrogen-bond acceptors (Lipinski definition) is 6. The normalized spacial score (nSPS) is 11.1. The van der Waals surface area contributed by atoms with Gasteiger partial charge in [0.25, 0.3) is 5.78 Å². The summed E-state index contributed by atoms with van der Waals surface area (Å²) in [6.45, 7) is 4.48. The van der Waals surface area contributed by atoms with Crippen molar-refractivity contribution in [3.8, 4) is 22.6 Å². The molecule has 0 fully saturated rings. The van der Waals surface area contributed by atoms with E-state index in [0.717, 1.165) is 32.8 Å². The van der Waals surface area contributed by atoms with Crippen molar-refractivity contribution in [3.05, 3.63) is 85.7 Å². The molecule has 0 radical (unpaired) electrons. The lowest BCUT2D eigenvalue weighted by Gasteiger charge is -2.09. The van der Waals surface area contributed by atoms with E-state index < -0.39 is 0 Å². The van der Waals surface area contributed by atoms with Gasteiger partial charge >= 0.3 is 0 Å². The van der Waals surface area contributed by atoms with Gasteiger partial charge in [-0.3, -0.25) is 4.57 Å². The second-order valence-electron chi connectivity index (χ2n) is 6.49. The van der Waals surface area contributed by atoms with Gasteiger partial charge in [0, 0.05) is 17.7 Å². The highest BCUT2D eigenvalue weighted by Gasteiger charge is 2.17. The summed E-state index contributed by atoms with van der Waals surface area (Å²) in [6, 6.07) is 22.0. The number of nitrogens with zero attached hydrogens (tertiary/aromatic N) is 7. The number of fused-ring (bicyclic) bond motifs is 1. The van der Waals surface area contributed by atoms with Gasteiger partial charge in [-0.25, -0.2) is 4.98 Å². The molecule has 0 spiro atoms. The lowest BCUT2D eigenvalue weighted by Crippen LogP contribution is -2.02. The number of hydrogen-bond donors (Lipinski definition) is 0. The van der Waals surface area contributed by atoms with E-state index in [4.69, 9.17) is 0 Å². The third-order valence-electron chi connectivity index (χ3n) is 4.55. The van der Waals surface area contributed by atoms with Gasteiger partial charge in [-0.05, 0) is 17.8 Å². The van der Waals surface area contributed by atoms with Crippen LogP contribution in [-0.4, -0.2) is 34.3 Å². The molecule has 146 valence electrons. The van der Waals surface area contributed by atoms with Crippen LogP contribution >= 0.6 is 11.8 Å². The van der Waals surface area contributed by atoms with Crippen LogP contribution in [0.5, 0.6) is 0 Å². The van der Waals surface area contributed by atoms with Crippen LogP contribution in [0.4, 0.5) is 0 Å². The van der Waals surface area contributed by atoms with Crippen LogP contribution in [0, 0.1) is 0 Å². The SMILES string of the molecule is C=CCn1c(Sc2cc(-c3ccccc3)nc3ncnn23)nnc1-c1ccccc1. The van der Waals surface area contributed by atoms with Crippen molar-refractivity contribution in [3.63, 3.8) is 0 Å². The van der Waals surface area contributed by atoms with Crippen molar-refractivity contribution < 1.29 is 0 Å². The maximum Gasteiger partial charge on any atom is 0.253 e. The van der Waals surface area contributed by atoms with Crippen molar-refractivity contribution in [1.82, 2.24) is 34.3 Å². The molecular formula is C22H17N7S. The van der Waals surface area contributed by atoms with E-state index in [1.807, 2.05) is 77.4 Å². The summed E-state index contributed by atoms with van der Waals surface area (Å²) < 4.78 is 3.75. The first-order chi connectivity index (χ1) is 14.8. The molecule has 0 saturated heterocycles. The maximum absolute atomic E-state index is 4.64. The molecule has 2 aromatic carbocycles. The largest absolute Gasteiger partial charge is 0.298 e. The van der Waals surface area contributed by atoms with E-state index in [0.29, 0.717) is 12.3 Å². The highest BCUT2D eigenvalue weighted by Crippen LogP contribution is 2.31. The minimum atomic E-state index is 0.539. The van der Waals surface area contributed by atoms with Crippen molar-refractivity contribution >= 4 is 17.5 Å². The highest BCUT2D eigenvalue weighted by atomic mass is 32.2. The van der Waals surface area contributed by atoms with Crippen LogP contribution < -0.4 is 0 Å². The Labute approximate surface area is 177 Å². The van der Waals surface area contributed by atoms with Gasteiger partial charge in [-0.1, -0.05) is 66.7 Å². The van der Waals surface area contributed by atoms with E-state index in [1.165, 1.54) is 18.1 Å². The molecule has 0 aliphatic rings. The van der Waals surface area contributed by atoms with Crippen LogP contribution in [-0.2, 0) is 6.54 Å². The van der Waals surface area contributed by atoms with Crippen LogP contribution in [0.2, 0.25) is 0 Å². The third kappa shape index (κ3) is 3.37. The zero-order valence-corrected chi connectivity index (χ0v) is 16.8. The van der Waals surface area contributed by atoms with E-state index in [2.05, 4.69) is 31.8 Å². The molecule has 0 aliphatic heterocycles. The molecule has 5 aromatic rings. The average Bonchev–Trinajstić information content (AvgIpc) is 3.43. The number of aromatic nitrogens is 7. The zero-order chi connectivity index (χ0) is 20.3. The second-order valence-corrected chi connectivity index (χ2v) is 7.48. The minimum Gasteiger partial charge on any atom is -0.298 e. The van der Waals surface area contributed by atoms with Gasteiger partial charge < -0.3 is 0 Å². The van der Waals surface area contributed by atoms with E-state index in [1.54, 1.807) is 4.52 Å². The molecule has 0 atom stereocenters. The Hall–Kier alpha value is -3.78. The standard InChI is InChI=1S/C22H17N7S/c1-2-13-28-20(17-11-7-4-8-12-17)26-27-22(28)30-19-14-18(16-9-5-3-6-10-16)25-21-23-15-24-29(19)21/h2-12,14-15H,1,13H2. The number of rotatable bonds is 6. The Morgan fingerprint density at radius 1 is 0.933 bits per heavy atom. The predicted octanol–water partition coefficient (Wildman–Crippen LogP) is 4.39. The van der Waals surface area contributed by atoms with Gasteiger partial charge in [0.1, 0.15) is 11.4 Å². The summed E-state index contributed by atoms with van der Waals surface area (Å²) in [4.78, 5) is 8.92. The molecule has 7 nitrogen and oxygen atoms in total. The fourth-order valence-corrected chi connectivity index (χ4v) is 4.09. The average molecular weight is 411 g/mol. The Morgan fingerprint density at radius 3 is 2.40 bits per heavy atom. The second kappa shape index (κ2) is 7.92. The topological polar surface area (TPSA) is 73.8 Å². The van der Waals surface area contributed by atoms with Crippen molar-refractivity contribution in [1.29, 1.82) is 0 Å². The Kier molecular flexibility index (Phi) is 4.82. The summed E-state index contributed by atoms with van der Waals surface area (Å²) in [7, 11) is 0. The van der Waals surface area contributed by atoms with Gasteiger partial charge in [-0.15, -0.1) is 16.8 Å². The third-order valence-corrected chi connectivity index (χ3v) is 5.53. The van der Waals surface area contributed by atoms with E-state index in [-0.39, 0.29) is 0 Å². The summed E-state index contributed by atoms with van der Waals surface area (Å²) in [5.41, 5.74) is 2.85. The van der Waals surface area contributed by atoms with Crippen molar-refractivity contribution in [2.75, 3.05) is 0 Å². The molecule has 0 bridgehead atoms. The smallest absolute Gasteiger partial charge is 0.253 e. The fourth-order valence-electron chi connectivity index (χ4n) is 3.17. The Balaban J connectivity index is 1.60. The maximum atomic E-state index is 4.64. The lowest BCUT2D eigenvalue weighted by molar-refractivity contribution is 0.727. The fraction of sp³-hybridized carbons (Fsp3) is 0.0455. The van der Waals surface area contributed by atoms with Gasteiger partial charge in [0.15, 0.2) is 11.0 Å². The number of allylic oxidation sites excluding steroid dienone is 1. The monoisotopic (exact) mass is 411 g/mol. The Bertz CT molecular complexity index is 1310. The van der Waals surface area contributed by atoms with E-state index in [9.17, 15) is 0 Å². The predicted molar refractivity (Wildman–Crippen MR) is 116 cm³/mol. The summed E-state index contributed by atoms with van der Waals surface area (Å²) in [5, 5.41) is 14.8. The molecular weight excluding hydrogens is 394 g/mol. The van der Waals surface area contributed by atoms with Crippen LogP contribution in [0.3, 0.4) is 0 Å². The van der Waals surface area contributed by atoms with E-state index >= 15 is 0 Å². The molecule has 0 saturated carbocycles. The first-order valence-corrected chi connectivity index (χ1v) is 10.2. The minimum absolute atomic E-state index is 0.539. The molecule has 0 unspecified atom stereocenters. The van der Waals surface area contributed by atoms with Crippen molar-refractivity contribution in [2.45, 2.75) is 16.7 Å². The van der Waals surface area contributed by atoms with Crippen molar-refractivity contribution in [2.24, 2.45) is 0 Å². The molecule has 3 aromatic heterocycles. The molecule has 0 amide bonds.